The smallest absolute Gasteiger partial charge is 0.140 e. The summed E-state index contributed by atoms with van der Waals surface area (Å²) >= 11 is 2.66. The summed E-state index contributed by atoms with van der Waals surface area (Å²) in [6.07, 6.45) is 19.9. The number of hydrogen-bond donors (Lipinski definition) is 0. The normalized spacial score (nSPS) is 23.9. The Hall–Kier alpha value is 0.0200. The Bertz CT molecular complexity index is 402. The van der Waals surface area contributed by atoms with Gasteiger partial charge in [0.1, 0.15) is 6.54 Å². The molecule has 0 N–H and O–H groups in total. The highest BCUT2D eigenvalue weighted by Gasteiger charge is 2.40. The summed E-state index contributed by atoms with van der Waals surface area (Å²) in [7, 11) is 0. The lowest BCUT2D eigenvalue weighted by Crippen LogP contribution is -3.00. The van der Waals surface area contributed by atoms with E-state index < -0.39 is 0 Å². The van der Waals surface area contributed by atoms with Crippen molar-refractivity contribution >= 4 is 22.6 Å². The fraction of sp³-hybridized carbons (Fsp3) is 0.684. The van der Waals surface area contributed by atoms with Gasteiger partial charge in [0.25, 0.3) is 0 Å². The quantitative estimate of drug-likeness (QED) is 0.225. The Kier molecular flexibility index (Phi) is 10.7. The molecule has 2 atom stereocenters. The van der Waals surface area contributed by atoms with Crippen LogP contribution in [0.5, 0.6) is 0 Å². The average molecular weight is 436 g/mol. The number of unbranched alkanes of at least 4 members (excludes halogenated alkanes) is 2. The molecule has 0 aromatic heterocycles. The molecule has 22 heavy (non-hydrogen) atoms. The topological polar surface area (TPSA) is 0 Å². The molecule has 126 valence electrons. The zero-order chi connectivity index (χ0) is 15.8. The van der Waals surface area contributed by atoms with Gasteiger partial charge in [0, 0.05) is 0 Å². The Morgan fingerprint density at radius 1 is 1.18 bits per heavy atom. The number of nitrogens with zero attached hydrogens (tertiary/aromatic N) is 1. The van der Waals surface area contributed by atoms with E-state index in [9.17, 15) is 0 Å². The van der Waals surface area contributed by atoms with Gasteiger partial charge >= 0.3 is 0 Å². The number of allylic oxidation sites excluding steroid dienone is 3. The molecule has 0 saturated heterocycles. The minimum atomic E-state index is 0. The molecule has 0 aliphatic heterocycles. The van der Waals surface area contributed by atoms with E-state index in [0.717, 1.165) is 17.6 Å². The summed E-state index contributed by atoms with van der Waals surface area (Å²) in [5, 5.41) is 0. The highest BCUT2D eigenvalue weighted by Crippen LogP contribution is 2.37. The van der Waals surface area contributed by atoms with Crippen molar-refractivity contribution in [2.24, 2.45) is 5.92 Å². The monoisotopic (exact) mass is 435 g/mol. The molecule has 0 spiro atoms. The Labute approximate surface area is 157 Å². The van der Waals surface area contributed by atoms with Gasteiger partial charge in [-0.25, -0.2) is 0 Å². The fourth-order valence-corrected chi connectivity index (χ4v) is 4.27. The molecule has 0 aromatic carbocycles. The van der Waals surface area contributed by atoms with Crippen molar-refractivity contribution in [2.45, 2.75) is 49.9 Å². The molecule has 0 saturated carbocycles. The van der Waals surface area contributed by atoms with E-state index in [4.69, 9.17) is 6.42 Å². The van der Waals surface area contributed by atoms with Gasteiger partial charge < -0.3 is 16.9 Å². The van der Waals surface area contributed by atoms with Gasteiger partial charge in [0.2, 0.25) is 0 Å². The van der Waals surface area contributed by atoms with Gasteiger partial charge in [-0.1, -0.05) is 80.5 Å². The van der Waals surface area contributed by atoms with Crippen LogP contribution >= 0.6 is 22.6 Å². The first kappa shape index (κ1) is 22.0. The lowest BCUT2D eigenvalue weighted by molar-refractivity contribution is -0.923. The Balaban J connectivity index is 0.00000441. The van der Waals surface area contributed by atoms with Crippen molar-refractivity contribution < 1.29 is 16.9 Å². The van der Waals surface area contributed by atoms with E-state index in [-0.39, 0.29) is 15.8 Å². The van der Waals surface area contributed by atoms with E-state index in [0.29, 0.717) is 5.92 Å². The molecule has 0 heterocycles. The summed E-state index contributed by atoms with van der Waals surface area (Å²) in [6, 6.07) is 0. The molecular formula is C19H31ClIN. The van der Waals surface area contributed by atoms with E-state index in [1.54, 1.807) is 0 Å². The van der Waals surface area contributed by atoms with E-state index in [1.807, 2.05) is 0 Å². The van der Waals surface area contributed by atoms with Crippen LogP contribution in [0, 0.1) is 18.3 Å². The molecule has 1 rings (SSSR count). The number of halogens is 2. The second-order valence-corrected chi connectivity index (χ2v) is 8.48. The summed E-state index contributed by atoms with van der Waals surface area (Å²) in [5.41, 5.74) is 0. The highest BCUT2D eigenvalue weighted by atomic mass is 127. The van der Waals surface area contributed by atoms with E-state index >= 15 is 0 Å². The summed E-state index contributed by atoms with van der Waals surface area (Å²) in [4.78, 5) is 0. The molecular weight excluding hydrogens is 405 g/mol. The first-order valence-electron chi connectivity index (χ1n) is 8.35. The van der Waals surface area contributed by atoms with Gasteiger partial charge in [0.05, 0.1) is 23.1 Å². The maximum Gasteiger partial charge on any atom is 0.140 e. The van der Waals surface area contributed by atoms with Crippen LogP contribution in [-0.2, 0) is 0 Å². The number of quaternary nitrogens is 1. The third-order valence-corrected chi connectivity index (χ3v) is 6.30. The molecule has 0 bridgehead atoms. The fourth-order valence-electron chi connectivity index (χ4n) is 3.13. The molecule has 0 aromatic rings. The number of hydrogen-bond acceptors (Lipinski definition) is 0. The Morgan fingerprint density at radius 3 is 2.23 bits per heavy atom. The van der Waals surface area contributed by atoms with Gasteiger partial charge in [0.15, 0.2) is 0 Å². The molecule has 0 fully saturated rings. The minimum Gasteiger partial charge on any atom is -1.00 e. The van der Waals surface area contributed by atoms with Crippen molar-refractivity contribution in [3.05, 3.63) is 24.3 Å². The van der Waals surface area contributed by atoms with Crippen LogP contribution in [0.4, 0.5) is 0 Å². The maximum absolute atomic E-state index is 5.74. The summed E-state index contributed by atoms with van der Waals surface area (Å²) in [6.45, 7) is 11.3. The summed E-state index contributed by atoms with van der Waals surface area (Å²) in [5.74, 6) is 3.55. The van der Waals surface area contributed by atoms with Crippen molar-refractivity contribution in [1.82, 2.24) is 0 Å². The second kappa shape index (κ2) is 10.7. The van der Waals surface area contributed by atoms with Crippen LogP contribution in [0.2, 0.25) is 0 Å². The molecule has 0 amide bonds. The van der Waals surface area contributed by atoms with Gasteiger partial charge in [-0.05, 0) is 24.7 Å². The predicted octanol–water partition coefficient (Wildman–Crippen LogP) is 1.98. The van der Waals surface area contributed by atoms with Crippen molar-refractivity contribution in [2.75, 3.05) is 26.2 Å². The molecule has 1 nitrogen and oxygen atoms in total. The van der Waals surface area contributed by atoms with Crippen LogP contribution < -0.4 is 12.4 Å². The van der Waals surface area contributed by atoms with Crippen LogP contribution in [-0.4, -0.2) is 34.1 Å². The third-order valence-electron chi connectivity index (χ3n) is 4.62. The first-order valence-corrected chi connectivity index (χ1v) is 9.43. The predicted molar refractivity (Wildman–Crippen MR) is 103 cm³/mol. The lowest BCUT2D eigenvalue weighted by Gasteiger charge is -2.44. The van der Waals surface area contributed by atoms with E-state index in [1.165, 1.54) is 38.8 Å². The maximum atomic E-state index is 5.74. The summed E-state index contributed by atoms with van der Waals surface area (Å²) < 4.78 is 1.29. The van der Waals surface area contributed by atoms with E-state index in [2.05, 4.69) is 73.6 Å². The molecule has 0 radical (unpaired) electrons. The van der Waals surface area contributed by atoms with Gasteiger partial charge in [-0.3, -0.25) is 0 Å². The minimum absolute atomic E-state index is 0. The number of alkyl halides is 1. The second-order valence-electron chi connectivity index (χ2n) is 6.48. The lowest BCUT2D eigenvalue weighted by atomic mass is 9.88. The van der Waals surface area contributed by atoms with Crippen LogP contribution in [0.25, 0.3) is 0 Å². The third kappa shape index (κ3) is 6.26. The van der Waals surface area contributed by atoms with Crippen LogP contribution in [0.3, 0.4) is 0 Å². The zero-order valence-corrected chi connectivity index (χ0v) is 17.2. The average Bonchev–Trinajstić information content (AvgIpc) is 2.46. The first-order chi connectivity index (χ1) is 10.0. The SMILES string of the molecule is C#CC[N+](CCCC)(CCCC)CC1(I)C=CC=CC1C.[Cl-]. The molecule has 1 aliphatic carbocycles. The number of rotatable bonds is 9. The van der Waals surface area contributed by atoms with Gasteiger partial charge in [-0.15, -0.1) is 6.42 Å². The van der Waals surface area contributed by atoms with Crippen molar-refractivity contribution in [3.8, 4) is 12.3 Å². The standard InChI is InChI=1S/C19H31IN.ClH/c1-5-8-15-21(14-7-3,16-9-6-2)17-19(20)13-11-10-12-18(19)4;/h3,10-13,18H,5-6,8-9,14-17H2,1-2,4H3;1H/q+1;/p-1. The molecule has 2 unspecified atom stereocenters. The zero-order valence-electron chi connectivity index (χ0n) is 14.3. The van der Waals surface area contributed by atoms with Crippen molar-refractivity contribution in [1.29, 1.82) is 0 Å². The Morgan fingerprint density at radius 2 is 1.77 bits per heavy atom. The number of terminal acetylenes is 1. The molecule has 1 aliphatic rings. The highest BCUT2D eigenvalue weighted by molar-refractivity contribution is 14.1. The van der Waals surface area contributed by atoms with Crippen LogP contribution in [0.1, 0.15) is 46.5 Å². The molecule has 3 heteroatoms. The van der Waals surface area contributed by atoms with Gasteiger partial charge in [-0.2, -0.15) is 0 Å². The van der Waals surface area contributed by atoms with Crippen molar-refractivity contribution in [3.63, 3.8) is 0 Å². The van der Waals surface area contributed by atoms with Crippen LogP contribution in [0.15, 0.2) is 24.3 Å². The largest absolute Gasteiger partial charge is 1.00 e.